The topological polar surface area (TPSA) is 60.2 Å². The summed E-state index contributed by atoms with van der Waals surface area (Å²) in [6.45, 7) is 4.45. The standard InChI is InChI=1S/C9H15N3O2/c1-7-11-12-9(14-7)10-4-2-8-3-5-13-6-8/h8H,2-6H2,1H3,(H,10,12). The van der Waals surface area contributed by atoms with Crippen LogP contribution in [0.3, 0.4) is 0 Å². The Labute approximate surface area is 82.8 Å². The Morgan fingerprint density at radius 3 is 3.07 bits per heavy atom. The van der Waals surface area contributed by atoms with Crippen LogP contribution < -0.4 is 5.32 Å². The summed E-state index contributed by atoms with van der Waals surface area (Å²) in [6.07, 6.45) is 2.27. The Balaban J connectivity index is 1.67. The van der Waals surface area contributed by atoms with Crippen LogP contribution in [-0.2, 0) is 4.74 Å². The van der Waals surface area contributed by atoms with Crippen LogP contribution in [-0.4, -0.2) is 30.0 Å². The van der Waals surface area contributed by atoms with Crippen molar-refractivity contribution in [2.24, 2.45) is 5.92 Å². The van der Waals surface area contributed by atoms with E-state index in [4.69, 9.17) is 9.15 Å². The number of rotatable bonds is 4. The highest BCUT2D eigenvalue weighted by Gasteiger charge is 2.15. The molecule has 1 N–H and O–H groups in total. The van der Waals surface area contributed by atoms with E-state index in [9.17, 15) is 0 Å². The van der Waals surface area contributed by atoms with E-state index in [1.165, 1.54) is 6.42 Å². The van der Waals surface area contributed by atoms with Gasteiger partial charge in [0.2, 0.25) is 5.89 Å². The van der Waals surface area contributed by atoms with Crippen molar-refractivity contribution in [3.8, 4) is 0 Å². The molecular weight excluding hydrogens is 182 g/mol. The molecule has 0 bridgehead atoms. The second kappa shape index (κ2) is 4.41. The summed E-state index contributed by atoms with van der Waals surface area (Å²) in [5.74, 6) is 1.28. The van der Waals surface area contributed by atoms with Gasteiger partial charge in [-0.2, -0.15) is 0 Å². The maximum Gasteiger partial charge on any atom is 0.315 e. The van der Waals surface area contributed by atoms with Crippen LogP contribution >= 0.6 is 0 Å². The van der Waals surface area contributed by atoms with Crippen molar-refractivity contribution in [2.45, 2.75) is 19.8 Å². The normalized spacial score (nSPS) is 21.4. The van der Waals surface area contributed by atoms with Crippen molar-refractivity contribution in [1.29, 1.82) is 0 Å². The first-order valence-corrected chi connectivity index (χ1v) is 4.96. The van der Waals surface area contributed by atoms with Crippen molar-refractivity contribution < 1.29 is 9.15 Å². The van der Waals surface area contributed by atoms with E-state index in [-0.39, 0.29) is 0 Å². The molecule has 1 saturated heterocycles. The lowest BCUT2D eigenvalue weighted by molar-refractivity contribution is 0.185. The van der Waals surface area contributed by atoms with Gasteiger partial charge in [-0.05, 0) is 18.8 Å². The van der Waals surface area contributed by atoms with Crippen LogP contribution in [0.1, 0.15) is 18.7 Å². The average molecular weight is 197 g/mol. The molecule has 2 rings (SSSR count). The molecule has 1 aliphatic heterocycles. The van der Waals surface area contributed by atoms with Crippen LogP contribution in [0.15, 0.2) is 4.42 Å². The second-order valence-electron chi connectivity index (χ2n) is 3.57. The molecule has 0 aliphatic carbocycles. The van der Waals surface area contributed by atoms with Crippen molar-refractivity contribution in [3.05, 3.63) is 5.89 Å². The Morgan fingerprint density at radius 1 is 1.50 bits per heavy atom. The number of nitrogens with zero attached hydrogens (tertiary/aromatic N) is 2. The molecule has 0 radical (unpaired) electrons. The monoisotopic (exact) mass is 197 g/mol. The summed E-state index contributed by atoms with van der Waals surface area (Å²) in [7, 11) is 0. The molecule has 1 aliphatic rings. The van der Waals surface area contributed by atoms with Crippen LogP contribution in [0.4, 0.5) is 6.01 Å². The summed E-state index contributed by atoms with van der Waals surface area (Å²) in [5, 5.41) is 10.7. The molecule has 5 nitrogen and oxygen atoms in total. The fraction of sp³-hybridized carbons (Fsp3) is 0.778. The molecular formula is C9H15N3O2. The number of hydrogen-bond donors (Lipinski definition) is 1. The van der Waals surface area contributed by atoms with Gasteiger partial charge in [0.15, 0.2) is 0 Å². The zero-order valence-corrected chi connectivity index (χ0v) is 8.32. The first-order chi connectivity index (χ1) is 6.84. The van der Waals surface area contributed by atoms with Crippen molar-refractivity contribution in [2.75, 3.05) is 25.1 Å². The fourth-order valence-corrected chi connectivity index (χ4v) is 1.56. The molecule has 78 valence electrons. The van der Waals surface area contributed by atoms with E-state index in [2.05, 4.69) is 15.5 Å². The largest absolute Gasteiger partial charge is 0.408 e. The van der Waals surface area contributed by atoms with Gasteiger partial charge in [-0.15, -0.1) is 5.10 Å². The number of aromatic nitrogens is 2. The van der Waals surface area contributed by atoms with Crippen molar-refractivity contribution >= 4 is 6.01 Å². The van der Waals surface area contributed by atoms with E-state index < -0.39 is 0 Å². The Bertz CT molecular complexity index is 281. The van der Waals surface area contributed by atoms with Gasteiger partial charge in [-0.25, -0.2) is 0 Å². The van der Waals surface area contributed by atoms with Gasteiger partial charge in [0.25, 0.3) is 0 Å². The minimum Gasteiger partial charge on any atom is -0.408 e. The smallest absolute Gasteiger partial charge is 0.315 e. The Hall–Kier alpha value is -1.10. The summed E-state index contributed by atoms with van der Waals surface area (Å²) in [4.78, 5) is 0. The zero-order valence-electron chi connectivity index (χ0n) is 8.32. The van der Waals surface area contributed by atoms with Crippen LogP contribution in [0.5, 0.6) is 0 Å². The van der Waals surface area contributed by atoms with Crippen LogP contribution in [0, 0.1) is 12.8 Å². The first-order valence-electron chi connectivity index (χ1n) is 4.96. The number of aryl methyl sites for hydroxylation is 1. The van der Waals surface area contributed by atoms with Crippen LogP contribution in [0.2, 0.25) is 0 Å². The molecule has 5 heteroatoms. The molecule has 1 unspecified atom stereocenters. The van der Waals surface area contributed by atoms with E-state index in [0.29, 0.717) is 17.8 Å². The van der Waals surface area contributed by atoms with Gasteiger partial charge >= 0.3 is 6.01 Å². The van der Waals surface area contributed by atoms with E-state index in [1.807, 2.05) is 0 Å². The minimum absolute atomic E-state index is 0.515. The average Bonchev–Trinajstić information content (AvgIpc) is 2.77. The fourth-order valence-electron chi connectivity index (χ4n) is 1.56. The first kappa shape index (κ1) is 9.45. The van der Waals surface area contributed by atoms with E-state index in [0.717, 1.165) is 26.2 Å². The molecule has 1 atom stereocenters. The van der Waals surface area contributed by atoms with Gasteiger partial charge < -0.3 is 14.5 Å². The van der Waals surface area contributed by atoms with Gasteiger partial charge in [0, 0.05) is 26.7 Å². The molecule has 1 aromatic rings. The highest BCUT2D eigenvalue weighted by molar-refractivity contribution is 5.16. The third-order valence-corrected chi connectivity index (χ3v) is 2.38. The predicted molar refractivity (Wildman–Crippen MR) is 51.1 cm³/mol. The second-order valence-corrected chi connectivity index (χ2v) is 3.57. The lowest BCUT2D eigenvalue weighted by Gasteiger charge is -2.06. The van der Waals surface area contributed by atoms with Gasteiger partial charge in [0.05, 0.1) is 0 Å². The van der Waals surface area contributed by atoms with Crippen LogP contribution in [0.25, 0.3) is 0 Å². The van der Waals surface area contributed by atoms with Gasteiger partial charge in [-0.1, -0.05) is 5.10 Å². The molecule has 0 amide bonds. The Morgan fingerprint density at radius 2 is 2.43 bits per heavy atom. The van der Waals surface area contributed by atoms with Gasteiger partial charge in [0.1, 0.15) is 0 Å². The SMILES string of the molecule is Cc1nnc(NCCC2CCOC2)o1. The summed E-state index contributed by atoms with van der Waals surface area (Å²) < 4.78 is 10.5. The number of anilines is 1. The Kier molecular flexibility index (Phi) is 2.98. The third-order valence-electron chi connectivity index (χ3n) is 2.38. The van der Waals surface area contributed by atoms with Gasteiger partial charge in [-0.3, -0.25) is 0 Å². The molecule has 1 aromatic heterocycles. The molecule has 14 heavy (non-hydrogen) atoms. The zero-order chi connectivity index (χ0) is 9.80. The third kappa shape index (κ3) is 2.45. The lowest BCUT2D eigenvalue weighted by atomic mass is 10.1. The number of hydrogen-bond acceptors (Lipinski definition) is 5. The summed E-state index contributed by atoms with van der Waals surface area (Å²) >= 11 is 0. The summed E-state index contributed by atoms with van der Waals surface area (Å²) in [5.41, 5.74) is 0. The molecule has 0 spiro atoms. The van der Waals surface area contributed by atoms with Crippen molar-refractivity contribution in [3.63, 3.8) is 0 Å². The maximum absolute atomic E-state index is 5.28. The van der Waals surface area contributed by atoms with E-state index in [1.54, 1.807) is 6.92 Å². The summed E-state index contributed by atoms with van der Waals surface area (Å²) in [6, 6.07) is 0.515. The maximum atomic E-state index is 5.28. The number of nitrogens with one attached hydrogen (secondary N) is 1. The molecule has 0 aromatic carbocycles. The highest BCUT2D eigenvalue weighted by atomic mass is 16.5. The van der Waals surface area contributed by atoms with E-state index >= 15 is 0 Å². The predicted octanol–water partition coefficient (Wildman–Crippen LogP) is 1.22. The minimum atomic E-state index is 0.515. The molecule has 2 heterocycles. The van der Waals surface area contributed by atoms with Crippen molar-refractivity contribution in [1.82, 2.24) is 10.2 Å². The lowest BCUT2D eigenvalue weighted by Crippen LogP contribution is -2.09. The molecule has 0 saturated carbocycles. The molecule has 1 fully saturated rings. The highest BCUT2D eigenvalue weighted by Crippen LogP contribution is 2.16. The number of ether oxygens (including phenoxy) is 1. The quantitative estimate of drug-likeness (QED) is 0.786.